The zero-order valence-electron chi connectivity index (χ0n) is 22.4. The second-order valence-corrected chi connectivity index (χ2v) is 9.51. The molecule has 5 heteroatoms. The number of hydrogen-bond donors (Lipinski definition) is 1. The summed E-state index contributed by atoms with van der Waals surface area (Å²) in [7, 11) is 3.25. The van der Waals surface area contributed by atoms with Crippen molar-refractivity contribution in [2.24, 2.45) is 0 Å². The third-order valence-electron chi connectivity index (χ3n) is 6.89. The van der Waals surface area contributed by atoms with Crippen molar-refractivity contribution in [3.63, 3.8) is 0 Å². The van der Waals surface area contributed by atoms with Crippen LogP contribution in [0.4, 0.5) is 11.4 Å². The summed E-state index contributed by atoms with van der Waals surface area (Å²) >= 11 is 0. The second kappa shape index (κ2) is 12.5. The Labute approximate surface area is 221 Å². The summed E-state index contributed by atoms with van der Waals surface area (Å²) in [6, 6.07) is 22.3. The Kier molecular flexibility index (Phi) is 8.89. The minimum absolute atomic E-state index is 0.0591. The molecule has 3 aromatic carbocycles. The molecule has 194 valence electrons. The van der Waals surface area contributed by atoms with Crippen LogP contribution in [-0.2, 0) is 17.6 Å². The number of hydrogen-bond acceptors (Lipinski definition) is 4. The number of ether oxygens (including phenoxy) is 2. The molecule has 5 nitrogen and oxygen atoms in total. The SMILES string of the molecule is CCCCc1ccc(NC2=C[C@H](c3ccc(OC)c(OC)c3)N(c3ccc(CCCC)cc3)C2=O)cc1. The highest BCUT2D eigenvalue weighted by atomic mass is 16.5. The van der Waals surface area contributed by atoms with E-state index in [9.17, 15) is 4.79 Å². The van der Waals surface area contributed by atoms with Gasteiger partial charge in [0, 0.05) is 11.4 Å². The number of aryl methyl sites for hydroxylation is 2. The number of methoxy groups -OCH3 is 2. The lowest BCUT2D eigenvalue weighted by molar-refractivity contribution is -0.114. The number of nitrogens with one attached hydrogen (secondary N) is 1. The topological polar surface area (TPSA) is 50.8 Å². The summed E-state index contributed by atoms with van der Waals surface area (Å²) in [6.45, 7) is 4.40. The Hall–Kier alpha value is -3.73. The van der Waals surface area contributed by atoms with Crippen molar-refractivity contribution in [3.8, 4) is 11.5 Å². The van der Waals surface area contributed by atoms with Gasteiger partial charge in [0.1, 0.15) is 5.70 Å². The Balaban J connectivity index is 1.65. The van der Waals surface area contributed by atoms with E-state index in [4.69, 9.17) is 9.47 Å². The van der Waals surface area contributed by atoms with Gasteiger partial charge in [-0.2, -0.15) is 0 Å². The van der Waals surface area contributed by atoms with Gasteiger partial charge in [-0.05, 0) is 84.8 Å². The van der Waals surface area contributed by atoms with E-state index in [0.717, 1.165) is 42.6 Å². The molecule has 1 atom stereocenters. The van der Waals surface area contributed by atoms with Crippen molar-refractivity contribution < 1.29 is 14.3 Å². The monoisotopic (exact) mass is 498 g/mol. The molecule has 0 bridgehead atoms. The number of carbonyl (C=O) groups is 1. The van der Waals surface area contributed by atoms with Crippen molar-refractivity contribution in [2.75, 3.05) is 24.4 Å². The molecule has 1 amide bonds. The van der Waals surface area contributed by atoms with Crippen LogP contribution in [0, 0.1) is 0 Å². The normalized spacial score (nSPS) is 15.0. The molecule has 1 N–H and O–H groups in total. The molecule has 4 rings (SSSR count). The minimum Gasteiger partial charge on any atom is -0.493 e. The Morgan fingerprint density at radius 1 is 0.784 bits per heavy atom. The molecule has 0 aromatic heterocycles. The molecule has 1 heterocycles. The summed E-state index contributed by atoms with van der Waals surface area (Å²) in [5, 5.41) is 3.38. The van der Waals surface area contributed by atoms with Crippen molar-refractivity contribution in [1.82, 2.24) is 0 Å². The molecule has 0 radical (unpaired) electrons. The first-order valence-corrected chi connectivity index (χ1v) is 13.3. The summed E-state index contributed by atoms with van der Waals surface area (Å²) in [6.07, 6.45) is 8.78. The first-order chi connectivity index (χ1) is 18.1. The number of benzene rings is 3. The molecule has 0 fully saturated rings. The van der Waals surface area contributed by atoms with Crippen LogP contribution in [0.15, 0.2) is 78.5 Å². The van der Waals surface area contributed by atoms with Gasteiger partial charge in [-0.3, -0.25) is 9.69 Å². The fourth-order valence-corrected chi connectivity index (χ4v) is 4.71. The Bertz CT molecular complexity index is 1220. The lowest BCUT2D eigenvalue weighted by atomic mass is 10.0. The van der Waals surface area contributed by atoms with E-state index in [1.165, 1.54) is 24.0 Å². The molecule has 0 spiro atoms. The van der Waals surface area contributed by atoms with Crippen LogP contribution in [-0.4, -0.2) is 20.1 Å². The van der Waals surface area contributed by atoms with Crippen molar-refractivity contribution >= 4 is 17.3 Å². The highest BCUT2D eigenvalue weighted by molar-refractivity contribution is 6.11. The van der Waals surface area contributed by atoms with Crippen LogP contribution in [0.2, 0.25) is 0 Å². The van der Waals surface area contributed by atoms with Crippen molar-refractivity contribution in [3.05, 3.63) is 95.2 Å². The molecule has 3 aromatic rings. The number of amides is 1. The fourth-order valence-electron chi connectivity index (χ4n) is 4.71. The minimum atomic E-state index is -0.278. The third-order valence-corrected chi connectivity index (χ3v) is 6.89. The number of unbranched alkanes of at least 4 members (excludes halogenated alkanes) is 2. The van der Waals surface area contributed by atoms with Gasteiger partial charge in [0.2, 0.25) is 0 Å². The maximum atomic E-state index is 13.8. The van der Waals surface area contributed by atoms with Crippen LogP contribution in [0.3, 0.4) is 0 Å². The van der Waals surface area contributed by atoms with E-state index in [-0.39, 0.29) is 11.9 Å². The average Bonchev–Trinajstić information content (AvgIpc) is 3.26. The number of carbonyl (C=O) groups excluding carboxylic acids is 1. The van der Waals surface area contributed by atoms with Crippen LogP contribution in [0.1, 0.15) is 62.3 Å². The van der Waals surface area contributed by atoms with Crippen LogP contribution >= 0.6 is 0 Å². The van der Waals surface area contributed by atoms with Gasteiger partial charge in [0.05, 0.1) is 20.3 Å². The maximum absolute atomic E-state index is 13.8. The van der Waals surface area contributed by atoms with Gasteiger partial charge >= 0.3 is 0 Å². The first-order valence-electron chi connectivity index (χ1n) is 13.3. The number of nitrogens with zero attached hydrogens (tertiary/aromatic N) is 1. The lowest BCUT2D eigenvalue weighted by Crippen LogP contribution is -2.30. The van der Waals surface area contributed by atoms with E-state index < -0.39 is 0 Å². The fraction of sp³-hybridized carbons (Fsp3) is 0.344. The zero-order chi connectivity index (χ0) is 26.2. The highest BCUT2D eigenvalue weighted by Gasteiger charge is 2.35. The van der Waals surface area contributed by atoms with Crippen molar-refractivity contribution in [1.29, 1.82) is 0 Å². The van der Waals surface area contributed by atoms with Gasteiger partial charge in [-0.25, -0.2) is 0 Å². The van der Waals surface area contributed by atoms with Crippen LogP contribution in [0.5, 0.6) is 11.5 Å². The predicted octanol–water partition coefficient (Wildman–Crippen LogP) is 7.47. The van der Waals surface area contributed by atoms with Crippen LogP contribution < -0.4 is 19.7 Å². The molecular weight excluding hydrogens is 460 g/mol. The van der Waals surface area contributed by atoms with E-state index >= 15 is 0 Å². The summed E-state index contributed by atoms with van der Waals surface area (Å²) in [4.78, 5) is 15.6. The van der Waals surface area contributed by atoms with E-state index in [2.05, 4.69) is 67.7 Å². The summed E-state index contributed by atoms with van der Waals surface area (Å²) < 4.78 is 11.0. The third kappa shape index (κ3) is 6.16. The molecule has 0 aliphatic carbocycles. The van der Waals surface area contributed by atoms with E-state index in [1.54, 1.807) is 14.2 Å². The molecule has 0 saturated heterocycles. The number of rotatable bonds is 12. The molecule has 1 aliphatic rings. The molecule has 1 aliphatic heterocycles. The van der Waals surface area contributed by atoms with Gasteiger partial charge in [-0.1, -0.05) is 57.0 Å². The molecule has 37 heavy (non-hydrogen) atoms. The van der Waals surface area contributed by atoms with Gasteiger partial charge in [0.25, 0.3) is 5.91 Å². The maximum Gasteiger partial charge on any atom is 0.275 e. The molecule has 0 saturated carbocycles. The van der Waals surface area contributed by atoms with E-state index in [0.29, 0.717) is 17.2 Å². The first kappa shape index (κ1) is 26.3. The zero-order valence-corrected chi connectivity index (χ0v) is 22.4. The predicted molar refractivity (Wildman–Crippen MR) is 152 cm³/mol. The second-order valence-electron chi connectivity index (χ2n) is 9.51. The number of anilines is 2. The largest absolute Gasteiger partial charge is 0.493 e. The Morgan fingerprint density at radius 2 is 1.38 bits per heavy atom. The highest BCUT2D eigenvalue weighted by Crippen LogP contribution is 2.39. The van der Waals surface area contributed by atoms with Gasteiger partial charge in [-0.15, -0.1) is 0 Å². The molecular formula is C32H38N2O3. The van der Waals surface area contributed by atoms with Crippen LogP contribution in [0.25, 0.3) is 0 Å². The average molecular weight is 499 g/mol. The smallest absolute Gasteiger partial charge is 0.275 e. The lowest BCUT2D eigenvalue weighted by Gasteiger charge is -2.26. The standard InChI is InChI=1S/C32H38N2O3/c1-5-7-9-23-11-16-26(17-12-23)33-28-22-29(25-15-20-30(36-3)31(21-25)37-4)34(32(28)35)27-18-13-24(14-19-27)10-8-6-2/h11-22,29,33H,5-10H2,1-4H3/t29-/m1/s1. The molecule has 0 unspecified atom stereocenters. The summed E-state index contributed by atoms with van der Waals surface area (Å²) in [5.74, 6) is 1.24. The summed E-state index contributed by atoms with van der Waals surface area (Å²) in [5.41, 5.74) is 5.89. The van der Waals surface area contributed by atoms with Gasteiger partial charge in [0.15, 0.2) is 11.5 Å². The Morgan fingerprint density at radius 3 is 1.95 bits per heavy atom. The van der Waals surface area contributed by atoms with Gasteiger partial charge < -0.3 is 14.8 Å². The van der Waals surface area contributed by atoms with Crippen molar-refractivity contribution in [2.45, 2.75) is 58.4 Å². The van der Waals surface area contributed by atoms with E-state index in [1.807, 2.05) is 29.2 Å². The quantitative estimate of drug-likeness (QED) is 0.281.